The van der Waals surface area contributed by atoms with Gasteiger partial charge in [0.1, 0.15) is 11.8 Å². The van der Waals surface area contributed by atoms with Crippen molar-refractivity contribution in [1.29, 1.82) is 0 Å². The Morgan fingerprint density at radius 2 is 1.90 bits per heavy atom. The van der Waals surface area contributed by atoms with Crippen LogP contribution in [0.5, 0.6) is 0 Å². The number of halogens is 1. The molecule has 7 nitrogen and oxygen atoms in total. The second kappa shape index (κ2) is 8.20. The average Bonchev–Trinajstić information content (AvgIpc) is 3.26. The first-order chi connectivity index (χ1) is 14.4. The maximum atomic E-state index is 13.0. The highest BCUT2D eigenvalue weighted by Crippen LogP contribution is 2.29. The highest BCUT2D eigenvalue weighted by Gasteiger charge is 2.27. The largest absolute Gasteiger partial charge is 0.447 e. The van der Waals surface area contributed by atoms with Crippen LogP contribution in [0.1, 0.15) is 27.2 Å². The van der Waals surface area contributed by atoms with Gasteiger partial charge in [0.05, 0.1) is 35.7 Å². The molecule has 30 heavy (non-hydrogen) atoms. The molecule has 2 amide bonds. The molecule has 0 bridgehead atoms. The van der Waals surface area contributed by atoms with Crippen molar-refractivity contribution in [3.63, 3.8) is 0 Å². The summed E-state index contributed by atoms with van der Waals surface area (Å²) in [6, 6.07) is 15.1. The third-order valence-corrected chi connectivity index (χ3v) is 5.33. The first kappa shape index (κ1) is 20.0. The molecule has 1 saturated heterocycles. The predicted octanol–water partition coefficient (Wildman–Crippen LogP) is 4.41. The van der Waals surface area contributed by atoms with Crippen molar-refractivity contribution in [3.8, 4) is 0 Å². The van der Waals surface area contributed by atoms with Crippen molar-refractivity contribution >= 4 is 35.0 Å². The number of nitrogens with one attached hydrogen (secondary N) is 1. The molecule has 0 saturated carbocycles. The standard InChI is InChI=1S/C22H21ClN4O3/c1-14-7-9-16(10-8-14)13-27-20(23)19(15(2)25-27)21(28)24-17-5-3-4-6-18(17)26-11-12-30-22(26)29/h3-10H,11-13H2,1-2H3,(H,24,28). The number of carbonyl (C=O) groups is 2. The Balaban J connectivity index is 1.58. The highest BCUT2D eigenvalue weighted by atomic mass is 35.5. The Kier molecular flexibility index (Phi) is 5.46. The van der Waals surface area contributed by atoms with E-state index in [1.54, 1.807) is 35.9 Å². The number of benzene rings is 2. The molecule has 2 aromatic carbocycles. The minimum Gasteiger partial charge on any atom is -0.447 e. The van der Waals surface area contributed by atoms with Crippen LogP contribution in [-0.2, 0) is 11.3 Å². The molecule has 1 aliphatic rings. The van der Waals surface area contributed by atoms with Gasteiger partial charge in [-0.3, -0.25) is 9.69 Å². The summed E-state index contributed by atoms with van der Waals surface area (Å²) in [5.41, 5.74) is 4.12. The number of nitrogens with zero attached hydrogens (tertiary/aromatic N) is 3. The maximum Gasteiger partial charge on any atom is 0.414 e. The normalized spacial score (nSPS) is 13.4. The van der Waals surface area contributed by atoms with Gasteiger partial charge in [0.2, 0.25) is 0 Å². The lowest BCUT2D eigenvalue weighted by atomic mass is 10.1. The van der Waals surface area contributed by atoms with Crippen LogP contribution in [0.2, 0.25) is 5.15 Å². The van der Waals surface area contributed by atoms with Gasteiger partial charge in [-0.25, -0.2) is 9.48 Å². The van der Waals surface area contributed by atoms with Gasteiger partial charge in [-0.1, -0.05) is 53.6 Å². The third kappa shape index (κ3) is 3.89. The molecule has 4 rings (SSSR count). The van der Waals surface area contributed by atoms with E-state index in [1.165, 1.54) is 10.5 Å². The molecule has 1 fully saturated rings. The smallest absolute Gasteiger partial charge is 0.414 e. The number of anilines is 2. The number of amides is 2. The van der Waals surface area contributed by atoms with Crippen LogP contribution in [0.4, 0.5) is 16.2 Å². The highest BCUT2D eigenvalue weighted by molar-refractivity contribution is 6.33. The van der Waals surface area contributed by atoms with E-state index in [-0.39, 0.29) is 11.1 Å². The Morgan fingerprint density at radius 3 is 2.60 bits per heavy atom. The first-order valence-electron chi connectivity index (χ1n) is 9.57. The molecule has 0 aliphatic carbocycles. The number of hydrogen-bond donors (Lipinski definition) is 1. The van der Waals surface area contributed by atoms with Crippen LogP contribution < -0.4 is 10.2 Å². The lowest BCUT2D eigenvalue weighted by Crippen LogP contribution is -2.25. The zero-order chi connectivity index (χ0) is 21.3. The summed E-state index contributed by atoms with van der Waals surface area (Å²) in [6.07, 6.45) is -0.433. The van der Waals surface area contributed by atoms with Gasteiger partial charge in [0.15, 0.2) is 0 Å². The van der Waals surface area contributed by atoms with Crippen molar-refractivity contribution in [1.82, 2.24) is 9.78 Å². The maximum absolute atomic E-state index is 13.0. The van der Waals surface area contributed by atoms with Crippen molar-refractivity contribution in [2.45, 2.75) is 20.4 Å². The number of para-hydroxylation sites is 2. The van der Waals surface area contributed by atoms with E-state index >= 15 is 0 Å². The van der Waals surface area contributed by atoms with E-state index in [1.807, 2.05) is 31.2 Å². The summed E-state index contributed by atoms with van der Waals surface area (Å²) < 4.78 is 6.62. The van der Waals surface area contributed by atoms with Gasteiger partial charge in [-0.05, 0) is 31.5 Å². The van der Waals surface area contributed by atoms with Crippen LogP contribution >= 0.6 is 11.6 Å². The summed E-state index contributed by atoms with van der Waals surface area (Å²) in [5, 5.41) is 7.57. The van der Waals surface area contributed by atoms with E-state index in [0.717, 1.165) is 5.56 Å². The van der Waals surface area contributed by atoms with Crippen LogP contribution in [-0.4, -0.2) is 34.9 Å². The molecule has 0 radical (unpaired) electrons. The predicted molar refractivity (Wildman–Crippen MR) is 115 cm³/mol. The lowest BCUT2D eigenvalue weighted by Gasteiger charge is -2.17. The van der Waals surface area contributed by atoms with Gasteiger partial charge in [0.25, 0.3) is 5.91 Å². The Labute approximate surface area is 179 Å². The molecular formula is C22H21ClN4O3. The number of aromatic nitrogens is 2. The van der Waals surface area contributed by atoms with Gasteiger partial charge in [0, 0.05) is 0 Å². The van der Waals surface area contributed by atoms with Crippen LogP contribution in [0.15, 0.2) is 48.5 Å². The fraction of sp³-hybridized carbons (Fsp3) is 0.227. The van der Waals surface area contributed by atoms with E-state index in [9.17, 15) is 9.59 Å². The average molecular weight is 425 g/mol. The zero-order valence-electron chi connectivity index (χ0n) is 16.7. The molecule has 154 valence electrons. The molecular weight excluding hydrogens is 404 g/mol. The summed E-state index contributed by atoms with van der Waals surface area (Å²) in [5.74, 6) is -0.382. The fourth-order valence-corrected chi connectivity index (χ4v) is 3.71. The molecule has 8 heteroatoms. The second-order valence-electron chi connectivity index (χ2n) is 7.13. The lowest BCUT2D eigenvalue weighted by molar-refractivity contribution is 0.102. The molecule has 0 spiro atoms. The Morgan fingerprint density at radius 1 is 1.17 bits per heavy atom. The molecule has 1 aliphatic heterocycles. The Bertz CT molecular complexity index is 1110. The number of rotatable bonds is 5. The van der Waals surface area contributed by atoms with Crippen molar-refractivity contribution in [2.24, 2.45) is 0 Å². The molecule has 0 atom stereocenters. The number of ether oxygens (including phenoxy) is 1. The number of carbonyl (C=O) groups excluding carboxylic acids is 2. The Hall–Kier alpha value is -3.32. The fourth-order valence-electron chi connectivity index (χ4n) is 3.39. The van der Waals surface area contributed by atoms with Gasteiger partial charge < -0.3 is 10.1 Å². The molecule has 1 aromatic heterocycles. The van der Waals surface area contributed by atoms with Crippen molar-refractivity contribution < 1.29 is 14.3 Å². The molecule has 3 aromatic rings. The van der Waals surface area contributed by atoms with Crippen LogP contribution in [0.3, 0.4) is 0 Å². The third-order valence-electron chi connectivity index (χ3n) is 4.95. The quantitative estimate of drug-likeness (QED) is 0.658. The van der Waals surface area contributed by atoms with E-state index in [0.29, 0.717) is 42.3 Å². The monoisotopic (exact) mass is 424 g/mol. The van der Waals surface area contributed by atoms with Gasteiger partial charge in [-0.2, -0.15) is 5.10 Å². The zero-order valence-corrected chi connectivity index (χ0v) is 17.4. The van der Waals surface area contributed by atoms with Gasteiger partial charge in [-0.15, -0.1) is 0 Å². The number of aryl methyl sites for hydroxylation is 2. The summed E-state index contributed by atoms with van der Waals surface area (Å²) in [4.78, 5) is 26.5. The summed E-state index contributed by atoms with van der Waals surface area (Å²) in [6.45, 7) is 4.98. The SMILES string of the molecule is Cc1ccc(Cn2nc(C)c(C(=O)Nc3ccccc3N3CCOC3=O)c2Cl)cc1. The van der Waals surface area contributed by atoms with E-state index in [2.05, 4.69) is 10.4 Å². The minimum absolute atomic E-state index is 0.267. The minimum atomic E-state index is -0.433. The molecule has 0 unspecified atom stereocenters. The van der Waals surface area contributed by atoms with E-state index in [4.69, 9.17) is 16.3 Å². The van der Waals surface area contributed by atoms with Crippen molar-refractivity contribution in [2.75, 3.05) is 23.4 Å². The first-order valence-corrected chi connectivity index (χ1v) is 9.95. The van der Waals surface area contributed by atoms with Gasteiger partial charge >= 0.3 is 6.09 Å². The molecule has 2 heterocycles. The topological polar surface area (TPSA) is 76.5 Å². The summed E-state index contributed by atoms with van der Waals surface area (Å²) in [7, 11) is 0. The van der Waals surface area contributed by atoms with Crippen LogP contribution in [0, 0.1) is 13.8 Å². The molecule has 1 N–H and O–H groups in total. The second-order valence-corrected chi connectivity index (χ2v) is 7.49. The number of cyclic esters (lactones) is 1. The number of hydrogen-bond acceptors (Lipinski definition) is 4. The summed E-state index contributed by atoms with van der Waals surface area (Å²) >= 11 is 6.52. The van der Waals surface area contributed by atoms with Crippen LogP contribution in [0.25, 0.3) is 0 Å². The van der Waals surface area contributed by atoms with E-state index < -0.39 is 6.09 Å². The van der Waals surface area contributed by atoms with Crippen molar-refractivity contribution in [3.05, 3.63) is 76.1 Å².